The molecule has 0 aliphatic heterocycles. The average molecular weight is 262 g/mol. The second-order valence-corrected chi connectivity index (χ2v) is 3.46. The molecule has 0 aliphatic rings. The molecule has 0 aromatic heterocycles. The van der Waals surface area contributed by atoms with E-state index in [1.165, 1.54) is 0 Å². The molecular weight excluding hydrogens is 242 g/mol. The number of nitrogens with two attached hydrogens (primary N) is 1. The van der Waals surface area contributed by atoms with Gasteiger partial charge >= 0.3 is 0 Å². The molecular formula is C12H20ClNO3. The summed E-state index contributed by atoms with van der Waals surface area (Å²) in [5, 5.41) is 8.83. The molecule has 0 amide bonds. The van der Waals surface area contributed by atoms with Crippen molar-refractivity contribution in [2.24, 2.45) is 5.73 Å². The molecule has 1 aromatic rings. The van der Waals surface area contributed by atoms with Crippen LogP contribution in [0.5, 0.6) is 11.5 Å². The lowest BCUT2D eigenvalue weighted by Gasteiger charge is -2.14. The summed E-state index contributed by atoms with van der Waals surface area (Å²) in [6.45, 7) is 2.60. The van der Waals surface area contributed by atoms with Crippen LogP contribution in [0.2, 0.25) is 0 Å². The smallest absolute Gasteiger partial charge is 0.161 e. The SMILES string of the molecule is CCOc1ccc([C@@H](N)CCO)cc1OC.Cl. The number of ether oxygens (including phenoxy) is 2. The summed E-state index contributed by atoms with van der Waals surface area (Å²) in [6, 6.07) is 5.42. The molecule has 0 aliphatic carbocycles. The summed E-state index contributed by atoms with van der Waals surface area (Å²) in [4.78, 5) is 0. The third-order valence-corrected chi connectivity index (χ3v) is 2.36. The lowest BCUT2D eigenvalue weighted by atomic mass is 10.0. The molecule has 1 rings (SSSR count). The number of aliphatic hydroxyl groups excluding tert-OH is 1. The summed E-state index contributed by atoms with van der Waals surface area (Å²) in [5.74, 6) is 1.39. The summed E-state index contributed by atoms with van der Waals surface area (Å²) < 4.78 is 10.6. The van der Waals surface area contributed by atoms with E-state index >= 15 is 0 Å². The molecule has 0 saturated carbocycles. The van der Waals surface area contributed by atoms with Crippen molar-refractivity contribution in [1.82, 2.24) is 0 Å². The Bertz CT molecular complexity index is 334. The Morgan fingerprint density at radius 1 is 1.35 bits per heavy atom. The highest BCUT2D eigenvalue weighted by atomic mass is 35.5. The van der Waals surface area contributed by atoms with Crippen molar-refractivity contribution in [2.45, 2.75) is 19.4 Å². The van der Waals surface area contributed by atoms with Crippen molar-refractivity contribution < 1.29 is 14.6 Å². The van der Waals surface area contributed by atoms with Crippen LogP contribution in [0.3, 0.4) is 0 Å². The maximum Gasteiger partial charge on any atom is 0.161 e. The molecule has 4 nitrogen and oxygen atoms in total. The number of rotatable bonds is 6. The van der Waals surface area contributed by atoms with Crippen LogP contribution < -0.4 is 15.2 Å². The second-order valence-electron chi connectivity index (χ2n) is 3.46. The van der Waals surface area contributed by atoms with Crippen LogP contribution in [-0.4, -0.2) is 25.4 Å². The Balaban J connectivity index is 0.00000256. The summed E-state index contributed by atoms with van der Waals surface area (Å²) in [7, 11) is 1.60. The van der Waals surface area contributed by atoms with Crippen molar-refractivity contribution in [3.8, 4) is 11.5 Å². The van der Waals surface area contributed by atoms with E-state index in [9.17, 15) is 0 Å². The molecule has 0 bridgehead atoms. The zero-order chi connectivity index (χ0) is 12.0. The zero-order valence-electron chi connectivity index (χ0n) is 10.2. The normalized spacial score (nSPS) is 11.5. The molecule has 0 unspecified atom stereocenters. The van der Waals surface area contributed by atoms with E-state index in [4.69, 9.17) is 20.3 Å². The number of benzene rings is 1. The molecule has 5 heteroatoms. The largest absolute Gasteiger partial charge is 0.493 e. The van der Waals surface area contributed by atoms with Crippen LogP contribution in [0.25, 0.3) is 0 Å². The van der Waals surface area contributed by atoms with Gasteiger partial charge in [0.25, 0.3) is 0 Å². The molecule has 1 aromatic carbocycles. The van der Waals surface area contributed by atoms with Crippen molar-refractivity contribution in [3.05, 3.63) is 23.8 Å². The Morgan fingerprint density at radius 3 is 2.59 bits per heavy atom. The van der Waals surface area contributed by atoms with Gasteiger partial charge in [-0.3, -0.25) is 0 Å². The number of methoxy groups -OCH3 is 1. The minimum Gasteiger partial charge on any atom is -0.493 e. The van der Waals surface area contributed by atoms with E-state index in [1.54, 1.807) is 7.11 Å². The monoisotopic (exact) mass is 261 g/mol. The second kappa shape index (κ2) is 8.17. The first-order valence-electron chi connectivity index (χ1n) is 5.40. The van der Waals surface area contributed by atoms with E-state index in [1.807, 2.05) is 25.1 Å². The highest BCUT2D eigenvalue weighted by Gasteiger charge is 2.10. The van der Waals surface area contributed by atoms with E-state index in [2.05, 4.69) is 0 Å². The first-order valence-corrected chi connectivity index (χ1v) is 5.40. The number of aliphatic hydroxyl groups is 1. The zero-order valence-corrected chi connectivity index (χ0v) is 11.0. The van der Waals surface area contributed by atoms with Crippen LogP contribution in [-0.2, 0) is 0 Å². The lowest BCUT2D eigenvalue weighted by molar-refractivity contribution is 0.276. The minimum absolute atomic E-state index is 0. The first-order chi connectivity index (χ1) is 7.72. The van der Waals surface area contributed by atoms with Gasteiger partial charge in [0.05, 0.1) is 13.7 Å². The van der Waals surface area contributed by atoms with E-state index < -0.39 is 0 Å². The molecule has 0 heterocycles. The van der Waals surface area contributed by atoms with Crippen molar-refractivity contribution in [3.63, 3.8) is 0 Å². The highest BCUT2D eigenvalue weighted by molar-refractivity contribution is 5.85. The fraction of sp³-hybridized carbons (Fsp3) is 0.500. The molecule has 0 radical (unpaired) electrons. The summed E-state index contributed by atoms with van der Waals surface area (Å²) >= 11 is 0. The van der Waals surface area contributed by atoms with Gasteiger partial charge < -0.3 is 20.3 Å². The third-order valence-electron chi connectivity index (χ3n) is 2.36. The van der Waals surface area contributed by atoms with Crippen LogP contribution in [0.15, 0.2) is 18.2 Å². The molecule has 3 N–H and O–H groups in total. The van der Waals surface area contributed by atoms with Gasteiger partial charge in [-0.25, -0.2) is 0 Å². The maximum absolute atomic E-state index is 8.83. The minimum atomic E-state index is -0.172. The Hall–Kier alpha value is -0.970. The Kier molecular flexibility index (Phi) is 7.70. The fourth-order valence-corrected chi connectivity index (χ4v) is 1.50. The summed E-state index contributed by atoms with van der Waals surface area (Å²) in [6.07, 6.45) is 0.539. The van der Waals surface area contributed by atoms with E-state index in [0.717, 1.165) is 5.56 Å². The van der Waals surface area contributed by atoms with Crippen molar-refractivity contribution in [1.29, 1.82) is 0 Å². The Morgan fingerprint density at radius 2 is 2.06 bits per heavy atom. The van der Waals surface area contributed by atoms with Gasteiger partial charge in [0.15, 0.2) is 11.5 Å². The van der Waals surface area contributed by atoms with Gasteiger partial charge in [0, 0.05) is 12.6 Å². The molecule has 0 saturated heterocycles. The van der Waals surface area contributed by atoms with Gasteiger partial charge in [0.1, 0.15) is 0 Å². The average Bonchev–Trinajstić information content (AvgIpc) is 2.30. The summed E-state index contributed by atoms with van der Waals surface area (Å²) in [5.41, 5.74) is 6.84. The van der Waals surface area contributed by atoms with E-state index in [-0.39, 0.29) is 25.1 Å². The molecule has 17 heavy (non-hydrogen) atoms. The molecule has 98 valence electrons. The lowest BCUT2D eigenvalue weighted by Crippen LogP contribution is -2.12. The standard InChI is InChI=1S/C12H19NO3.ClH/c1-3-16-11-5-4-9(8-12(11)15-2)10(13)6-7-14;/h4-5,8,10,14H,3,6-7,13H2,1-2H3;1H/t10-;/m0./s1. The van der Waals surface area contributed by atoms with Crippen LogP contribution >= 0.6 is 12.4 Å². The third kappa shape index (κ3) is 4.42. The van der Waals surface area contributed by atoms with Crippen LogP contribution in [0.4, 0.5) is 0 Å². The molecule has 1 atom stereocenters. The van der Waals surface area contributed by atoms with Gasteiger partial charge in [0.2, 0.25) is 0 Å². The van der Waals surface area contributed by atoms with Gasteiger partial charge in [-0.05, 0) is 31.0 Å². The first kappa shape index (κ1) is 16.0. The van der Waals surface area contributed by atoms with Gasteiger partial charge in [-0.2, -0.15) is 0 Å². The predicted octanol–water partition coefficient (Wildman–Crippen LogP) is 1.90. The van der Waals surface area contributed by atoms with Crippen molar-refractivity contribution in [2.75, 3.05) is 20.3 Å². The number of halogens is 1. The maximum atomic E-state index is 8.83. The van der Waals surface area contributed by atoms with E-state index in [0.29, 0.717) is 24.5 Å². The number of hydrogen-bond acceptors (Lipinski definition) is 4. The number of hydrogen-bond donors (Lipinski definition) is 2. The predicted molar refractivity (Wildman–Crippen MR) is 70.0 cm³/mol. The fourth-order valence-electron chi connectivity index (χ4n) is 1.50. The topological polar surface area (TPSA) is 64.7 Å². The quantitative estimate of drug-likeness (QED) is 0.821. The highest BCUT2D eigenvalue weighted by Crippen LogP contribution is 2.30. The van der Waals surface area contributed by atoms with Crippen LogP contribution in [0.1, 0.15) is 24.9 Å². The Labute approximate surface area is 108 Å². The van der Waals surface area contributed by atoms with Crippen LogP contribution in [0, 0.1) is 0 Å². The van der Waals surface area contributed by atoms with Gasteiger partial charge in [-0.15, -0.1) is 12.4 Å². The van der Waals surface area contributed by atoms with Gasteiger partial charge in [-0.1, -0.05) is 6.07 Å². The molecule has 0 fully saturated rings. The van der Waals surface area contributed by atoms with Crippen molar-refractivity contribution >= 4 is 12.4 Å². The molecule has 0 spiro atoms.